The number of furan rings is 1. The molecule has 0 aromatic carbocycles. The van der Waals surface area contributed by atoms with Crippen LogP contribution in [0, 0.1) is 13.8 Å². The summed E-state index contributed by atoms with van der Waals surface area (Å²) in [5.41, 5.74) is 0. The molecule has 4 heterocycles. The molecule has 8 nitrogen and oxygen atoms in total. The second-order valence-electron chi connectivity index (χ2n) is 6.54. The first-order valence-corrected chi connectivity index (χ1v) is 9.36. The van der Waals surface area contributed by atoms with E-state index < -0.39 is 0 Å². The predicted octanol–water partition coefficient (Wildman–Crippen LogP) is 1.96. The van der Waals surface area contributed by atoms with E-state index in [0.29, 0.717) is 37.0 Å². The minimum absolute atomic E-state index is 0.0900. The van der Waals surface area contributed by atoms with Crippen molar-refractivity contribution in [3.05, 3.63) is 34.4 Å². The van der Waals surface area contributed by atoms with Gasteiger partial charge in [-0.05, 0) is 26.0 Å². The van der Waals surface area contributed by atoms with E-state index in [1.807, 2.05) is 24.0 Å². The van der Waals surface area contributed by atoms with Gasteiger partial charge in [-0.25, -0.2) is 4.98 Å². The van der Waals surface area contributed by atoms with Crippen LogP contribution in [0.2, 0.25) is 0 Å². The van der Waals surface area contributed by atoms with E-state index in [1.165, 1.54) is 15.9 Å². The molecule has 0 aliphatic carbocycles. The van der Waals surface area contributed by atoms with Crippen LogP contribution in [-0.2, 0) is 4.79 Å². The second kappa shape index (κ2) is 6.40. The quantitative estimate of drug-likeness (QED) is 0.753. The lowest BCUT2D eigenvalue weighted by Crippen LogP contribution is -2.49. The Morgan fingerprint density at radius 3 is 2.58 bits per heavy atom. The molecule has 1 aliphatic heterocycles. The van der Waals surface area contributed by atoms with Gasteiger partial charge in [-0.3, -0.25) is 9.69 Å². The maximum absolute atomic E-state index is 11.6. The van der Waals surface area contributed by atoms with Crippen molar-refractivity contribution in [2.75, 3.05) is 26.2 Å². The maximum Gasteiger partial charge on any atom is 0.230 e. The molecule has 4 rings (SSSR count). The van der Waals surface area contributed by atoms with Crippen LogP contribution < -0.4 is 0 Å². The number of carbonyl (C=O) groups is 1. The van der Waals surface area contributed by atoms with E-state index in [1.54, 1.807) is 13.8 Å². The number of carbonyl (C=O) groups excluding carboxylic acids is 1. The van der Waals surface area contributed by atoms with Gasteiger partial charge in [0.2, 0.25) is 16.7 Å². The number of nitrogens with zero attached hydrogens (tertiary/aromatic N) is 5. The highest BCUT2D eigenvalue weighted by Gasteiger charge is 2.33. The number of hydrogen-bond acceptors (Lipinski definition) is 7. The summed E-state index contributed by atoms with van der Waals surface area (Å²) in [6.07, 6.45) is 0. The lowest BCUT2D eigenvalue weighted by Gasteiger charge is -2.37. The fraction of sp³-hybridized carbons (Fsp3) is 0.471. The van der Waals surface area contributed by atoms with Crippen molar-refractivity contribution in [2.24, 2.45) is 0 Å². The Morgan fingerprint density at radius 2 is 2.00 bits per heavy atom. The fourth-order valence-electron chi connectivity index (χ4n) is 3.40. The minimum Gasteiger partial charge on any atom is -0.492 e. The molecule has 3 aromatic rings. The molecule has 0 radical (unpaired) electrons. The summed E-state index contributed by atoms with van der Waals surface area (Å²) in [5, 5.41) is 15.0. The van der Waals surface area contributed by atoms with E-state index >= 15 is 0 Å². The zero-order valence-corrected chi connectivity index (χ0v) is 15.8. The molecule has 1 atom stereocenters. The third kappa shape index (κ3) is 2.86. The molecule has 0 saturated carbocycles. The normalized spacial score (nSPS) is 17.1. The van der Waals surface area contributed by atoms with Crippen molar-refractivity contribution < 1.29 is 14.3 Å². The average Bonchev–Trinajstić information content (AvgIpc) is 3.26. The number of aromatic nitrogens is 3. The van der Waals surface area contributed by atoms with Gasteiger partial charge in [0.1, 0.15) is 23.4 Å². The molecule has 9 heteroatoms. The predicted molar refractivity (Wildman–Crippen MR) is 96.4 cm³/mol. The molecule has 138 valence electrons. The first-order valence-electron chi connectivity index (χ1n) is 8.55. The van der Waals surface area contributed by atoms with Gasteiger partial charge in [-0.15, -0.1) is 5.10 Å². The van der Waals surface area contributed by atoms with Gasteiger partial charge in [0.05, 0.1) is 4.88 Å². The van der Waals surface area contributed by atoms with Crippen molar-refractivity contribution in [2.45, 2.75) is 26.8 Å². The highest BCUT2D eigenvalue weighted by atomic mass is 32.1. The molecule has 1 N–H and O–H groups in total. The van der Waals surface area contributed by atoms with Gasteiger partial charge >= 0.3 is 0 Å². The number of aryl methyl sites for hydroxylation is 2. The first-order chi connectivity index (χ1) is 12.4. The van der Waals surface area contributed by atoms with Crippen molar-refractivity contribution in [3.63, 3.8) is 0 Å². The van der Waals surface area contributed by atoms with Gasteiger partial charge < -0.3 is 14.4 Å². The number of aromatic hydroxyl groups is 1. The molecule has 0 unspecified atom stereocenters. The van der Waals surface area contributed by atoms with Gasteiger partial charge in [0.15, 0.2) is 0 Å². The number of amides is 1. The van der Waals surface area contributed by atoms with Crippen molar-refractivity contribution >= 4 is 22.2 Å². The first kappa shape index (κ1) is 17.0. The second-order valence-corrected chi connectivity index (χ2v) is 7.55. The van der Waals surface area contributed by atoms with Crippen LogP contribution in [0.1, 0.15) is 35.2 Å². The number of hydrogen-bond donors (Lipinski definition) is 1. The molecule has 0 bridgehead atoms. The third-order valence-corrected chi connectivity index (χ3v) is 5.78. The summed E-state index contributed by atoms with van der Waals surface area (Å²) in [7, 11) is 0. The molecule has 1 saturated heterocycles. The van der Waals surface area contributed by atoms with Gasteiger partial charge in [0, 0.05) is 33.1 Å². The number of thiazole rings is 1. The lowest BCUT2D eigenvalue weighted by molar-refractivity contribution is -0.130. The standard InChI is InChI=1S/C17H21N5O3S/c1-10-4-5-13(25-10)14(21-8-6-20(7-9-21)12(3)23)15-16(24)22-17(26-15)18-11(2)19-22/h4-5,14,24H,6-9H2,1-3H3/t14-/m1/s1. The molecule has 1 amide bonds. The summed E-state index contributed by atoms with van der Waals surface area (Å²) in [6.45, 7) is 8.02. The molecule has 3 aromatic heterocycles. The Hall–Kier alpha value is -2.39. The van der Waals surface area contributed by atoms with E-state index in [4.69, 9.17) is 4.42 Å². The van der Waals surface area contributed by atoms with Crippen molar-refractivity contribution in [1.82, 2.24) is 24.4 Å². The van der Waals surface area contributed by atoms with E-state index in [9.17, 15) is 9.90 Å². The van der Waals surface area contributed by atoms with Crippen LogP contribution in [0.15, 0.2) is 16.5 Å². The molecule has 1 aliphatic rings. The van der Waals surface area contributed by atoms with E-state index in [-0.39, 0.29) is 17.8 Å². The van der Waals surface area contributed by atoms with Gasteiger partial charge in [0.25, 0.3) is 0 Å². The van der Waals surface area contributed by atoms with Crippen molar-refractivity contribution in [3.8, 4) is 5.88 Å². The maximum atomic E-state index is 11.6. The van der Waals surface area contributed by atoms with Crippen LogP contribution >= 0.6 is 11.3 Å². The monoisotopic (exact) mass is 375 g/mol. The topological polar surface area (TPSA) is 87.1 Å². The van der Waals surface area contributed by atoms with Gasteiger partial charge in [-0.2, -0.15) is 4.52 Å². The number of rotatable bonds is 3. The third-order valence-electron chi connectivity index (χ3n) is 4.71. The van der Waals surface area contributed by atoms with E-state index in [0.717, 1.165) is 16.4 Å². The fourth-order valence-corrected chi connectivity index (χ4v) is 4.54. The summed E-state index contributed by atoms with van der Waals surface area (Å²) < 4.78 is 7.38. The Labute approximate surface area is 154 Å². The summed E-state index contributed by atoms with van der Waals surface area (Å²) >= 11 is 1.41. The van der Waals surface area contributed by atoms with Crippen LogP contribution in [-0.4, -0.2) is 61.6 Å². The Balaban J connectivity index is 1.72. The Kier molecular flexibility index (Phi) is 4.20. The van der Waals surface area contributed by atoms with Crippen LogP contribution in [0.25, 0.3) is 4.96 Å². The van der Waals surface area contributed by atoms with Crippen LogP contribution in [0.5, 0.6) is 5.88 Å². The molecule has 0 spiro atoms. The summed E-state index contributed by atoms with van der Waals surface area (Å²) in [5.74, 6) is 2.40. The largest absolute Gasteiger partial charge is 0.492 e. The summed E-state index contributed by atoms with van der Waals surface area (Å²) in [6, 6.07) is 3.64. The highest BCUT2D eigenvalue weighted by Crippen LogP contribution is 2.40. The highest BCUT2D eigenvalue weighted by molar-refractivity contribution is 7.17. The van der Waals surface area contributed by atoms with Gasteiger partial charge in [-0.1, -0.05) is 11.3 Å². The molecule has 1 fully saturated rings. The molecular formula is C17H21N5O3S. The summed E-state index contributed by atoms with van der Waals surface area (Å²) in [4.78, 5) is 21.5. The van der Waals surface area contributed by atoms with Crippen molar-refractivity contribution in [1.29, 1.82) is 0 Å². The van der Waals surface area contributed by atoms with Crippen LogP contribution in [0.4, 0.5) is 0 Å². The molecule has 26 heavy (non-hydrogen) atoms. The smallest absolute Gasteiger partial charge is 0.230 e. The lowest BCUT2D eigenvalue weighted by atomic mass is 10.1. The minimum atomic E-state index is -0.230. The van der Waals surface area contributed by atoms with E-state index in [2.05, 4.69) is 15.0 Å². The van der Waals surface area contributed by atoms with Crippen LogP contribution in [0.3, 0.4) is 0 Å². The zero-order chi connectivity index (χ0) is 18.4. The average molecular weight is 375 g/mol. The Bertz CT molecular complexity index is 951. The molecular weight excluding hydrogens is 354 g/mol. The SMILES string of the molecule is CC(=O)N1CCN([C@H](c2ccc(C)o2)c2sc3nc(C)nn3c2O)CC1. The number of piperazine rings is 1. The zero-order valence-electron chi connectivity index (χ0n) is 15.0. The Morgan fingerprint density at radius 1 is 1.27 bits per heavy atom. The number of fused-ring (bicyclic) bond motifs is 1.